The third kappa shape index (κ3) is 5.11. The number of hydrogen-bond acceptors (Lipinski definition) is 5. The Morgan fingerprint density at radius 2 is 1.95 bits per heavy atom. The highest BCUT2D eigenvalue weighted by atomic mass is 32.2. The van der Waals surface area contributed by atoms with E-state index in [1.165, 1.54) is 11.8 Å². The van der Waals surface area contributed by atoms with Gasteiger partial charge in [0.25, 0.3) is 5.56 Å². The van der Waals surface area contributed by atoms with Gasteiger partial charge in [-0.1, -0.05) is 25.1 Å². The van der Waals surface area contributed by atoms with Gasteiger partial charge in [0.05, 0.1) is 13.7 Å². The summed E-state index contributed by atoms with van der Waals surface area (Å²) < 4.78 is 10.7. The Hall–Kier alpha value is -1.95. The molecule has 2 rings (SSSR count). The largest absolute Gasteiger partial charge is 0.497 e. The number of aromatic nitrogens is 2. The van der Waals surface area contributed by atoms with Crippen LogP contribution in [-0.4, -0.2) is 29.4 Å². The second-order valence-corrected chi connectivity index (χ2v) is 5.75. The van der Waals surface area contributed by atoms with Crippen molar-refractivity contribution in [1.82, 2.24) is 9.97 Å². The molecular formula is C16H20N2O3S. The van der Waals surface area contributed by atoms with E-state index in [9.17, 15) is 4.79 Å². The summed E-state index contributed by atoms with van der Waals surface area (Å²) in [5.74, 6) is 2.31. The number of hydrogen-bond donors (Lipinski definition) is 1. The number of thioether (sulfide) groups is 1. The number of ether oxygens (including phenoxy) is 2. The van der Waals surface area contributed by atoms with Crippen LogP contribution in [0.3, 0.4) is 0 Å². The molecule has 5 nitrogen and oxygen atoms in total. The van der Waals surface area contributed by atoms with Crippen LogP contribution in [0, 0.1) is 0 Å². The van der Waals surface area contributed by atoms with Crippen molar-refractivity contribution in [2.45, 2.75) is 24.9 Å². The lowest BCUT2D eigenvalue weighted by Crippen LogP contribution is -2.11. The lowest BCUT2D eigenvalue weighted by molar-refractivity contribution is 0.342. The summed E-state index contributed by atoms with van der Waals surface area (Å²) >= 11 is 1.49. The first kappa shape index (κ1) is 16.4. The number of nitrogens with zero attached hydrogens (tertiary/aromatic N) is 1. The molecule has 6 heteroatoms. The molecule has 1 aromatic carbocycles. The van der Waals surface area contributed by atoms with Crippen LogP contribution in [0.4, 0.5) is 0 Å². The fraction of sp³-hybridized carbons (Fsp3) is 0.375. The molecule has 0 unspecified atom stereocenters. The van der Waals surface area contributed by atoms with Gasteiger partial charge in [0, 0.05) is 17.5 Å². The molecule has 1 aromatic heterocycles. The maximum absolute atomic E-state index is 11.5. The zero-order valence-electron chi connectivity index (χ0n) is 12.8. The van der Waals surface area contributed by atoms with Crippen molar-refractivity contribution in [3.8, 4) is 11.5 Å². The average Bonchev–Trinajstić information content (AvgIpc) is 2.52. The highest BCUT2D eigenvalue weighted by Gasteiger charge is 2.02. The molecule has 2 aromatic rings. The van der Waals surface area contributed by atoms with E-state index in [0.29, 0.717) is 17.5 Å². The molecule has 0 fully saturated rings. The Kier molecular flexibility index (Phi) is 6.33. The molecule has 118 valence electrons. The molecule has 0 aliphatic heterocycles. The first-order valence-electron chi connectivity index (χ1n) is 7.21. The minimum absolute atomic E-state index is 0.1000. The third-order valence-electron chi connectivity index (χ3n) is 2.93. The second kappa shape index (κ2) is 8.48. The van der Waals surface area contributed by atoms with Crippen molar-refractivity contribution in [2.75, 3.05) is 19.5 Å². The summed E-state index contributed by atoms with van der Waals surface area (Å²) in [6.45, 7) is 2.61. The maximum atomic E-state index is 11.5. The van der Waals surface area contributed by atoms with E-state index in [-0.39, 0.29) is 5.56 Å². The average molecular weight is 320 g/mol. The number of aromatic amines is 1. The van der Waals surface area contributed by atoms with Crippen molar-refractivity contribution in [2.24, 2.45) is 0 Å². The first-order chi connectivity index (χ1) is 10.7. The predicted molar refractivity (Wildman–Crippen MR) is 88.1 cm³/mol. The van der Waals surface area contributed by atoms with Gasteiger partial charge in [-0.25, -0.2) is 4.98 Å². The van der Waals surface area contributed by atoms with Crippen LogP contribution < -0.4 is 15.0 Å². The standard InChI is InChI=1S/C16H20N2O3S/c1-3-4-12-11-15(19)18-16(17-12)22-10-9-21-14-7-5-13(20-2)6-8-14/h5-8,11H,3-4,9-10H2,1-2H3,(H,17,18,19). The van der Waals surface area contributed by atoms with Gasteiger partial charge in [0.15, 0.2) is 5.16 Å². The van der Waals surface area contributed by atoms with E-state index < -0.39 is 0 Å². The van der Waals surface area contributed by atoms with Crippen molar-refractivity contribution < 1.29 is 9.47 Å². The van der Waals surface area contributed by atoms with Gasteiger partial charge >= 0.3 is 0 Å². The molecule has 1 N–H and O–H groups in total. The second-order valence-electron chi connectivity index (χ2n) is 4.66. The Bertz CT molecular complexity index is 641. The number of H-pyrrole nitrogens is 1. The monoisotopic (exact) mass is 320 g/mol. The molecule has 1 heterocycles. The molecule has 0 atom stereocenters. The van der Waals surface area contributed by atoms with E-state index in [0.717, 1.165) is 30.0 Å². The van der Waals surface area contributed by atoms with E-state index in [1.807, 2.05) is 24.3 Å². The molecule has 0 saturated heterocycles. The number of nitrogens with one attached hydrogen (secondary N) is 1. The van der Waals surface area contributed by atoms with Gasteiger partial charge in [-0.3, -0.25) is 4.79 Å². The van der Waals surface area contributed by atoms with Gasteiger partial charge < -0.3 is 14.5 Å². The Balaban J connectivity index is 1.81. The molecule has 0 radical (unpaired) electrons. The molecule has 0 saturated carbocycles. The Morgan fingerprint density at radius 3 is 2.64 bits per heavy atom. The summed E-state index contributed by atoms with van der Waals surface area (Å²) in [5.41, 5.74) is 0.738. The van der Waals surface area contributed by atoms with E-state index in [4.69, 9.17) is 9.47 Å². The number of methoxy groups -OCH3 is 1. The van der Waals surface area contributed by atoms with E-state index >= 15 is 0 Å². The minimum atomic E-state index is -0.1000. The van der Waals surface area contributed by atoms with Gasteiger partial charge in [0.2, 0.25) is 0 Å². The van der Waals surface area contributed by atoms with Gasteiger partial charge in [-0.2, -0.15) is 0 Å². The van der Waals surface area contributed by atoms with Crippen LogP contribution in [-0.2, 0) is 6.42 Å². The van der Waals surface area contributed by atoms with Gasteiger partial charge in [0.1, 0.15) is 11.5 Å². The summed E-state index contributed by atoms with van der Waals surface area (Å²) in [6, 6.07) is 9.00. The number of aryl methyl sites for hydroxylation is 1. The van der Waals surface area contributed by atoms with Crippen LogP contribution in [0.15, 0.2) is 40.3 Å². The maximum Gasteiger partial charge on any atom is 0.251 e. The quantitative estimate of drug-likeness (QED) is 0.460. The molecule has 0 spiro atoms. The summed E-state index contributed by atoms with van der Waals surface area (Å²) in [7, 11) is 1.63. The lowest BCUT2D eigenvalue weighted by Gasteiger charge is -2.07. The third-order valence-corrected chi connectivity index (χ3v) is 3.77. The molecule has 0 aliphatic carbocycles. The van der Waals surface area contributed by atoms with E-state index in [2.05, 4.69) is 16.9 Å². The van der Waals surface area contributed by atoms with Crippen molar-refractivity contribution in [3.05, 3.63) is 46.4 Å². The lowest BCUT2D eigenvalue weighted by atomic mass is 10.2. The van der Waals surface area contributed by atoms with Crippen LogP contribution in [0.5, 0.6) is 11.5 Å². The van der Waals surface area contributed by atoms with Crippen LogP contribution in [0.25, 0.3) is 0 Å². The number of benzene rings is 1. The molecule has 0 aliphatic rings. The predicted octanol–water partition coefficient (Wildman–Crippen LogP) is 2.90. The van der Waals surface area contributed by atoms with Crippen LogP contribution in [0.2, 0.25) is 0 Å². The number of rotatable bonds is 8. The van der Waals surface area contributed by atoms with Crippen molar-refractivity contribution in [1.29, 1.82) is 0 Å². The Labute approximate surface area is 134 Å². The van der Waals surface area contributed by atoms with Crippen molar-refractivity contribution in [3.63, 3.8) is 0 Å². The molecule has 0 amide bonds. The fourth-order valence-electron chi connectivity index (χ4n) is 1.91. The van der Waals surface area contributed by atoms with E-state index in [1.54, 1.807) is 13.2 Å². The first-order valence-corrected chi connectivity index (χ1v) is 8.19. The summed E-state index contributed by atoms with van der Waals surface area (Å²) in [4.78, 5) is 18.7. The van der Waals surface area contributed by atoms with Gasteiger partial charge in [-0.15, -0.1) is 0 Å². The highest BCUT2D eigenvalue weighted by molar-refractivity contribution is 7.99. The van der Waals surface area contributed by atoms with Crippen LogP contribution in [0.1, 0.15) is 19.0 Å². The zero-order valence-corrected chi connectivity index (χ0v) is 13.6. The minimum Gasteiger partial charge on any atom is -0.497 e. The molecular weight excluding hydrogens is 300 g/mol. The fourth-order valence-corrected chi connectivity index (χ4v) is 2.62. The zero-order chi connectivity index (χ0) is 15.8. The molecule has 22 heavy (non-hydrogen) atoms. The van der Waals surface area contributed by atoms with Crippen molar-refractivity contribution >= 4 is 11.8 Å². The summed E-state index contributed by atoms with van der Waals surface area (Å²) in [5, 5.41) is 0.647. The molecule has 0 bridgehead atoms. The smallest absolute Gasteiger partial charge is 0.251 e. The normalized spacial score (nSPS) is 10.5. The topological polar surface area (TPSA) is 64.2 Å². The van der Waals surface area contributed by atoms with Gasteiger partial charge in [-0.05, 0) is 30.7 Å². The highest BCUT2D eigenvalue weighted by Crippen LogP contribution is 2.18. The summed E-state index contributed by atoms with van der Waals surface area (Å²) in [6.07, 6.45) is 1.79. The van der Waals surface area contributed by atoms with Crippen LogP contribution >= 0.6 is 11.8 Å². The SMILES string of the molecule is CCCc1cc(=O)[nH]c(SCCOc2ccc(OC)cc2)n1. The Morgan fingerprint density at radius 1 is 1.23 bits per heavy atom.